The van der Waals surface area contributed by atoms with Crippen molar-refractivity contribution in [3.05, 3.63) is 110 Å². The monoisotopic (exact) mass is 518 g/mol. The molecule has 4 aromatic rings. The van der Waals surface area contributed by atoms with Crippen LogP contribution >= 0.6 is 0 Å². The van der Waals surface area contributed by atoms with Gasteiger partial charge in [0.05, 0.1) is 5.69 Å². The number of carbonyl (C=O) groups is 1. The van der Waals surface area contributed by atoms with Gasteiger partial charge in [0.15, 0.2) is 17.3 Å². The Morgan fingerprint density at radius 1 is 1.08 bits per heavy atom. The molecule has 0 bridgehead atoms. The second-order valence-electron chi connectivity index (χ2n) is 9.22. The van der Waals surface area contributed by atoms with Crippen molar-refractivity contribution in [3.8, 4) is 17.2 Å². The molecule has 0 radical (unpaired) electrons. The quantitative estimate of drug-likeness (QED) is 0.364. The van der Waals surface area contributed by atoms with E-state index in [-0.39, 0.29) is 29.5 Å². The molecular weight excluding hydrogens is 494 g/mol. The number of pyridine rings is 1. The van der Waals surface area contributed by atoms with Crippen LogP contribution in [0.1, 0.15) is 41.4 Å². The highest BCUT2D eigenvalue weighted by Crippen LogP contribution is 2.33. The first-order valence-electron chi connectivity index (χ1n) is 12.1. The summed E-state index contributed by atoms with van der Waals surface area (Å²) >= 11 is 0. The molecule has 2 aromatic carbocycles. The van der Waals surface area contributed by atoms with Gasteiger partial charge in [-0.1, -0.05) is 6.07 Å². The minimum absolute atomic E-state index is 0.00600. The van der Waals surface area contributed by atoms with Crippen LogP contribution in [0.2, 0.25) is 0 Å². The molecule has 10 heteroatoms. The number of nitrogens with one attached hydrogen (secondary N) is 1. The molecular formula is C28H24F2N4O4. The normalized spacial score (nSPS) is 12.3. The Kier molecular flexibility index (Phi) is 6.62. The summed E-state index contributed by atoms with van der Waals surface area (Å²) in [6.07, 6.45) is 3.23. The van der Waals surface area contributed by atoms with E-state index in [0.29, 0.717) is 23.6 Å². The molecule has 1 aliphatic rings. The highest BCUT2D eigenvalue weighted by molar-refractivity contribution is 5.97. The van der Waals surface area contributed by atoms with Crippen molar-refractivity contribution in [3.63, 3.8) is 0 Å². The van der Waals surface area contributed by atoms with Crippen LogP contribution in [0.5, 0.6) is 11.5 Å². The number of hydrogen-bond acceptors (Lipinski definition) is 6. The summed E-state index contributed by atoms with van der Waals surface area (Å²) < 4.78 is 36.3. The Hall–Kier alpha value is -4.60. The molecule has 5 rings (SSSR count). The molecule has 0 amide bonds. The van der Waals surface area contributed by atoms with Crippen LogP contribution in [-0.2, 0) is 12.8 Å². The fraction of sp³-hybridized carbons (Fsp3) is 0.214. The van der Waals surface area contributed by atoms with Crippen molar-refractivity contribution in [2.24, 2.45) is 0 Å². The summed E-state index contributed by atoms with van der Waals surface area (Å²) in [4.78, 5) is 43.7. The third-order valence-corrected chi connectivity index (χ3v) is 6.32. The molecule has 194 valence electrons. The van der Waals surface area contributed by atoms with Gasteiger partial charge in [0, 0.05) is 37.0 Å². The SMILES string of the molecule is CC(C)n1cc(C(=O)Cc2ccc(Oc3ccnc4c3CCN4)c(F)c2)c(=O)n(-c2ccc(F)cc2)c1=O. The van der Waals surface area contributed by atoms with Gasteiger partial charge in [-0.25, -0.2) is 23.1 Å². The lowest BCUT2D eigenvalue weighted by atomic mass is 10.0. The zero-order valence-corrected chi connectivity index (χ0v) is 20.7. The average molecular weight is 519 g/mol. The van der Waals surface area contributed by atoms with Gasteiger partial charge < -0.3 is 10.1 Å². The number of halogens is 2. The smallest absolute Gasteiger partial charge is 0.335 e. The van der Waals surface area contributed by atoms with Crippen LogP contribution in [0.3, 0.4) is 0 Å². The van der Waals surface area contributed by atoms with Gasteiger partial charge in [0.1, 0.15) is 22.9 Å². The third-order valence-electron chi connectivity index (χ3n) is 6.32. The zero-order valence-electron chi connectivity index (χ0n) is 20.7. The molecule has 0 fully saturated rings. The summed E-state index contributed by atoms with van der Waals surface area (Å²) in [5.41, 5.74) is -0.387. The molecule has 38 heavy (non-hydrogen) atoms. The number of hydrogen-bond donors (Lipinski definition) is 1. The third kappa shape index (κ3) is 4.72. The Balaban J connectivity index is 1.45. The minimum atomic E-state index is -0.830. The van der Waals surface area contributed by atoms with Crippen LogP contribution in [0.25, 0.3) is 5.69 Å². The van der Waals surface area contributed by atoms with Crippen LogP contribution in [0, 0.1) is 11.6 Å². The predicted molar refractivity (Wildman–Crippen MR) is 138 cm³/mol. The Morgan fingerprint density at radius 3 is 2.55 bits per heavy atom. The second-order valence-corrected chi connectivity index (χ2v) is 9.22. The Labute approximate surface area is 216 Å². The van der Waals surface area contributed by atoms with Crippen LogP contribution in [-0.4, -0.2) is 26.4 Å². The first-order valence-corrected chi connectivity index (χ1v) is 12.1. The summed E-state index contributed by atoms with van der Waals surface area (Å²) in [7, 11) is 0. The van der Waals surface area contributed by atoms with Gasteiger partial charge in [0.25, 0.3) is 5.56 Å². The molecule has 8 nitrogen and oxygen atoms in total. The van der Waals surface area contributed by atoms with E-state index < -0.39 is 28.7 Å². The first kappa shape index (κ1) is 25.1. The molecule has 1 aliphatic heterocycles. The van der Waals surface area contributed by atoms with Crippen LogP contribution < -0.4 is 21.3 Å². The number of benzene rings is 2. The van der Waals surface area contributed by atoms with E-state index in [1.807, 2.05) is 0 Å². The molecule has 1 N–H and O–H groups in total. The van der Waals surface area contributed by atoms with Crippen molar-refractivity contribution >= 4 is 11.6 Å². The Morgan fingerprint density at radius 2 is 1.84 bits per heavy atom. The van der Waals surface area contributed by atoms with Gasteiger partial charge in [-0.15, -0.1) is 0 Å². The molecule has 0 saturated heterocycles. The van der Waals surface area contributed by atoms with Gasteiger partial charge in [-0.05, 0) is 68.3 Å². The largest absolute Gasteiger partial charge is 0.454 e. The van der Waals surface area contributed by atoms with E-state index in [9.17, 15) is 23.2 Å². The molecule has 0 spiro atoms. The molecule has 0 unspecified atom stereocenters. The fourth-order valence-corrected chi connectivity index (χ4v) is 4.36. The second kappa shape index (κ2) is 10.0. The minimum Gasteiger partial charge on any atom is -0.454 e. The highest BCUT2D eigenvalue weighted by atomic mass is 19.1. The zero-order chi connectivity index (χ0) is 27.0. The summed E-state index contributed by atoms with van der Waals surface area (Å²) in [5.74, 6) is -0.584. The van der Waals surface area contributed by atoms with E-state index in [4.69, 9.17) is 4.74 Å². The number of ether oxygens (including phenoxy) is 1. The standard InChI is InChI=1S/C28H24F2N4O4/c1-16(2)33-15-21(27(36)34(28(33)37)19-6-4-18(29)5-7-19)23(35)14-17-3-8-25(22(30)13-17)38-24-10-12-32-26-20(24)9-11-31-26/h3-8,10,12-13,15-16H,9,11,14H2,1-2H3,(H,31,32). The van der Waals surface area contributed by atoms with E-state index in [0.717, 1.165) is 28.8 Å². The average Bonchev–Trinajstić information content (AvgIpc) is 3.36. The number of carbonyl (C=O) groups excluding carboxylic acids is 1. The first-order chi connectivity index (χ1) is 18.2. The van der Waals surface area contributed by atoms with Crippen molar-refractivity contribution in [2.45, 2.75) is 32.7 Å². The number of rotatable bonds is 7. The fourth-order valence-electron chi connectivity index (χ4n) is 4.36. The number of fused-ring (bicyclic) bond motifs is 1. The number of anilines is 1. The number of aromatic nitrogens is 3. The maximum Gasteiger partial charge on any atom is 0.335 e. The topological polar surface area (TPSA) is 95.2 Å². The van der Waals surface area contributed by atoms with Crippen LogP contribution in [0.4, 0.5) is 14.6 Å². The van der Waals surface area contributed by atoms with E-state index >= 15 is 0 Å². The molecule has 2 aromatic heterocycles. The lowest BCUT2D eigenvalue weighted by Gasteiger charge is -2.15. The van der Waals surface area contributed by atoms with E-state index in [1.165, 1.54) is 35.0 Å². The van der Waals surface area contributed by atoms with E-state index in [2.05, 4.69) is 10.3 Å². The highest BCUT2D eigenvalue weighted by Gasteiger charge is 2.21. The van der Waals surface area contributed by atoms with E-state index in [1.54, 1.807) is 32.2 Å². The molecule has 0 saturated carbocycles. The molecule has 0 aliphatic carbocycles. The molecule has 0 atom stereocenters. The summed E-state index contributed by atoms with van der Waals surface area (Å²) in [6, 6.07) is 10.3. The van der Waals surface area contributed by atoms with Crippen molar-refractivity contribution in [1.29, 1.82) is 0 Å². The van der Waals surface area contributed by atoms with Crippen LogP contribution in [0.15, 0.2) is 70.5 Å². The number of Topliss-reactive ketones (excluding diaryl/α,β-unsaturated/α-hetero) is 1. The van der Waals surface area contributed by atoms with Gasteiger partial charge in [0.2, 0.25) is 0 Å². The lowest BCUT2D eigenvalue weighted by molar-refractivity contribution is 0.0990. The predicted octanol–water partition coefficient (Wildman–Crippen LogP) is 4.44. The van der Waals surface area contributed by atoms with Crippen molar-refractivity contribution in [1.82, 2.24) is 14.1 Å². The van der Waals surface area contributed by atoms with Gasteiger partial charge >= 0.3 is 5.69 Å². The maximum atomic E-state index is 15.0. The number of nitrogens with zero attached hydrogens (tertiary/aromatic N) is 3. The lowest BCUT2D eigenvalue weighted by Crippen LogP contribution is -2.42. The number of ketones is 1. The summed E-state index contributed by atoms with van der Waals surface area (Å²) in [6.45, 7) is 4.19. The van der Waals surface area contributed by atoms with Gasteiger partial charge in [-0.3, -0.25) is 14.2 Å². The van der Waals surface area contributed by atoms with Gasteiger partial charge in [-0.2, -0.15) is 0 Å². The maximum absolute atomic E-state index is 15.0. The Bertz CT molecular complexity index is 1660. The molecule has 3 heterocycles. The van der Waals surface area contributed by atoms with Crippen molar-refractivity contribution < 1.29 is 18.3 Å². The summed E-state index contributed by atoms with van der Waals surface area (Å²) in [5, 5.41) is 3.14. The van der Waals surface area contributed by atoms with Crippen molar-refractivity contribution in [2.75, 3.05) is 11.9 Å².